The van der Waals surface area contributed by atoms with Crippen molar-refractivity contribution in [2.75, 3.05) is 25.2 Å². The Morgan fingerprint density at radius 2 is 2.39 bits per heavy atom. The van der Waals surface area contributed by atoms with Crippen LogP contribution < -0.4 is 4.90 Å². The maximum absolute atomic E-state index is 11.5. The number of esters is 1. The predicted octanol–water partition coefficient (Wildman–Crippen LogP) is 1.22. The summed E-state index contributed by atoms with van der Waals surface area (Å²) in [5, 5.41) is 9.13. The fourth-order valence-electron chi connectivity index (χ4n) is 2.11. The molecule has 0 unspecified atom stereocenters. The van der Waals surface area contributed by atoms with E-state index in [9.17, 15) is 4.79 Å². The molecule has 1 fully saturated rings. The topological polar surface area (TPSA) is 62.7 Å². The Balaban J connectivity index is 2.21. The molecule has 1 N–H and O–H groups in total. The van der Waals surface area contributed by atoms with Gasteiger partial charge >= 0.3 is 5.97 Å². The summed E-state index contributed by atoms with van der Waals surface area (Å²) in [5.41, 5.74) is 0.491. The average Bonchev–Trinajstić information content (AvgIpc) is 2.35. The minimum absolute atomic E-state index is 0.0840. The highest BCUT2D eigenvalue weighted by molar-refractivity contribution is 5.90. The molecule has 0 aromatic carbocycles. The van der Waals surface area contributed by atoms with Crippen molar-refractivity contribution in [3.63, 3.8) is 0 Å². The van der Waals surface area contributed by atoms with Gasteiger partial charge in [0.05, 0.1) is 19.3 Å². The molecule has 18 heavy (non-hydrogen) atoms. The van der Waals surface area contributed by atoms with Crippen LogP contribution in [0.2, 0.25) is 0 Å². The smallest absolute Gasteiger partial charge is 0.338 e. The van der Waals surface area contributed by atoms with Gasteiger partial charge in [0.25, 0.3) is 0 Å². The second-order valence-electron chi connectivity index (χ2n) is 4.40. The molecule has 5 nitrogen and oxygen atoms in total. The van der Waals surface area contributed by atoms with Crippen LogP contribution in [0.3, 0.4) is 0 Å². The fourth-order valence-corrected chi connectivity index (χ4v) is 2.11. The number of aliphatic hydroxyl groups excluding tert-OH is 1. The van der Waals surface area contributed by atoms with E-state index in [0.29, 0.717) is 18.2 Å². The predicted molar refractivity (Wildman–Crippen MR) is 67.6 cm³/mol. The molecule has 0 spiro atoms. The molecular formula is C13H18N2O3. The van der Waals surface area contributed by atoms with Crippen LogP contribution in [0.25, 0.3) is 0 Å². The van der Waals surface area contributed by atoms with E-state index >= 15 is 0 Å². The Labute approximate surface area is 106 Å². The number of hydrogen-bond acceptors (Lipinski definition) is 5. The van der Waals surface area contributed by atoms with Gasteiger partial charge in [0, 0.05) is 18.8 Å². The minimum atomic E-state index is -0.365. The molecule has 98 valence electrons. The lowest BCUT2D eigenvalue weighted by Gasteiger charge is -2.38. The lowest BCUT2D eigenvalue weighted by Crippen LogP contribution is -2.42. The van der Waals surface area contributed by atoms with E-state index in [1.807, 2.05) is 0 Å². The SMILES string of the molecule is COC(=O)c1ccnc(N(CCO)C2CCC2)c1. The number of methoxy groups -OCH3 is 1. The summed E-state index contributed by atoms with van der Waals surface area (Å²) in [4.78, 5) is 17.8. The molecule has 1 aromatic heterocycles. The standard InChI is InChI=1S/C13H18N2O3/c1-18-13(17)10-5-6-14-12(9-10)15(7-8-16)11-3-2-4-11/h5-6,9,11,16H,2-4,7-8H2,1H3. The molecule has 1 aliphatic rings. The first-order valence-electron chi connectivity index (χ1n) is 6.18. The van der Waals surface area contributed by atoms with E-state index in [1.54, 1.807) is 18.3 Å². The Kier molecular flexibility index (Phi) is 4.15. The van der Waals surface area contributed by atoms with Crippen molar-refractivity contribution in [2.24, 2.45) is 0 Å². The zero-order valence-corrected chi connectivity index (χ0v) is 10.5. The van der Waals surface area contributed by atoms with Crippen molar-refractivity contribution in [3.8, 4) is 0 Å². The van der Waals surface area contributed by atoms with Gasteiger partial charge in [0.15, 0.2) is 0 Å². The number of aliphatic hydroxyl groups is 1. The molecule has 0 bridgehead atoms. The first-order valence-corrected chi connectivity index (χ1v) is 6.18. The van der Waals surface area contributed by atoms with Gasteiger partial charge in [-0.1, -0.05) is 0 Å². The Bertz CT molecular complexity index is 418. The summed E-state index contributed by atoms with van der Waals surface area (Å²) in [5.74, 6) is 0.368. The summed E-state index contributed by atoms with van der Waals surface area (Å²) in [6.45, 7) is 0.628. The quantitative estimate of drug-likeness (QED) is 0.796. The second-order valence-corrected chi connectivity index (χ2v) is 4.40. The third kappa shape index (κ3) is 2.61. The van der Waals surface area contributed by atoms with Gasteiger partial charge in [0.2, 0.25) is 0 Å². The van der Waals surface area contributed by atoms with E-state index < -0.39 is 0 Å². The maximum atomic E-state index is 11.5. The van der Waals surface area contributed by atoms with Gasteiger partial charge in [-0.25, -0.2) is 9.78 Å². The summed E-state index contributed by atoms with van der Waals surface area (Å²) in [7, 11) is 1.36. The molecule has 2 rings (SSSR count). The zero-order chi connectivity index (χ0) is 13.0. The number of pyridine rings is 1. The van der Waals surface area contributed by atoms with E-state index in [2.05, 4.69) is 9.88 Å². The molecule has 0 amide bonds. The highest BCUT2D eigenvalue weighted by atomic mass is 16.5. The molecule has 0 radical (unpaired) electrons. The van der Waals surface area contributed by atoms with Crippen LogP contribution in [-0.2, 0) is 4.74 Å². The summed E-state index contributed by atoms with van der Waals surface area (Å²) in [6, 6.07) is 3.78. The number of anilines is 1. The van der Waals surface area contributed by atoms with E-state index in [4.69, 9.17) is 9.84 Å². The third-order valence-corrected chi connectivity index (χ3v) is 3.32. The number of rotatable bonds is 5. The zero-order valence-electron chi connectivity index (χ0n) is 10.5. The van der Waals surface area contributed by atoms with E-state index in [1.165, 1.54) is 13.5 Å². The Morgan fingerprint density at radius 1 is 1.61 bits per heavy atom. The number of carbonyl (C=O) groups is 1. The maximum Gasteiger partial charge on any atom is 0.338 e. The normalized spacial score (nSPS) is 15.0. The van der Waals surface area contributed by atoms with Crippen LogP contribution in [0, 0.1) is 0 Å². The van der Waals surface area contributed by atoms with Gasteiger partial charge in [-0.15, -0.1) is 0 Å². The van der Waals surface area contributed by atoms with Crippen LogP contribution in [0.4, 0.5) is 5.82 Å². The minimum Gasteiger partial charge on any atom is -0.465 e. The van der Waals surface area contributed by atoms with E-state index in [0.717, 1.165) is 18.7 Å². The lowest BCUT2D eigenvalue weighted by atomic mass is 9.91. The van der Waals surface area contributed by atoms with Crippen molar-refractivity contribution in [2.45, 2.75) is 25.3 Å². The number of aromatic nitrogens is 1. The summed E-state index contributed by atoms with van der Waals surface area (Å²) >= 11 is 0. The molecule has 0 aliphatic heterocycles. The van der Waals surface area contributed by atoms with E-state index in [-0.39, 0.29) is 12.6 Å². The molecule has 1 saturated carbocycles. The molecule has 5 heteroatoms. The largest absolute Gasteiger partial charge is 0.465 e. The van der Waals surface area contributed by atoms with Gasteiger partial charge in [0.1, 0.15) is 5.82 Å². The Hall–Kier alpha value is -1.62. The third-order valence-electron chi connectivity index (χ3n) is 3.32. The monoisotopic (exact) mass is 250 g/mol. The number of nitrogens with zero attached hydrogens (tertiary/aromatic N) is 2. The lowest BCUT2D eigenvalue weighted by molar-refractivity contribution is 0.0600. The van der Waals surface area contributed by atoms with Crippen LogP contribution in [0.15, 0.2) is 18.3 Å². The molecule has 0 saturated heterocycles. The highest BCUT2D eigenvalue weighted by Gasteiger charge is 2.26. The Morgan fingerprint density at radius 3 is 2.94 bits per heavy atom. The van der Waals surface area contributed by atoms with Crippen LogP contribution in [0.5, 0.6) is 0 Å². The van der Waals surface area contributed by atoms with Crippen molar-refractivity contribution in [1.82, 2.24) is 4.98 Å². The number of ether oxygens (including phenoxy) is 1. The van der Waals surface area contributed by atoms with Crippen LogP contribution in [0.1, 0.15) is 29.6 Å². The van der Waals surface area contributed by atoms with Crippen LogP contribution in [-0.4, -0.2) is 42.4 Å². The number of hydrogen-bond donors (Lipinski definition) is 1. The number of carbonyl (C=O) groups excluding carboxylic acids is 1. The van der Waals surface area contributed by atoms with Crippen LogP contribution >= 0.6 is 0 Å². The first-order chi connectivity index (χ1) is 8.76. The summed E-state index contributed by atoms with van der Waals surface area (Å²) < 4.78 is 4.70. The molecule has 1 heterocycles. The molecule has 1 aromatic rings. The van der Waals surface area contributed by atoms with Gasteiger partial charge in [-0.2, -0.15) is 0 Å². The fraction of sp³-hybridized carbons (Fsp3) is 0.538. The van der Waals surface area contributed by atoms with Crippen molar-refractivity contribution < 1.29 is 14.6 Å². The van der Waals surface area contributed by atoms with Gasteiger partial charge in [-0.05, 0) is 31.4 Å². The van der Waals surface area contributed by atoms with Crippen molar-refractivity contribution >= 4 is 11.8 Å². The molecule has 0 atom stereocenters. The van der Waals surface area contributed by atoms with Crippen molar-refractivity contribution in [1.29, 1.82) is 0 Å². The average molecular weight is 250 g/mol. The molecular weight excluding hydrogens is 232 g/mol. The summed E-state index contributed by atoms with van der Waals surface area (Å²) in [6.07, 6.45) is 5.04. The van der Waals surface area contributed by atoms with Gasteiger partial charge in [-0.3, -0.25) is 0 Å². The highest BCUT2D eigenvalue weighted by Crippen LogP contribution is 2.28. The second kappa shape index (κ2) is 5.82. The van der Waals surface area contributed by atoms with Gasteiger partial charge < -0.3 is 14.7 Å². The first kappa shape index (κ1) is 12.8. The molecule has 1 aliphatic carbocycles. The van der Waals surface area contributed by atoms with Crippen molar-refractivity contribution in [3.05, 3.63) is 23.9 Å².